The fraction of sp³-hybridized carbons (Fsp3) is 0.250. The zero-order chi connectivity index (χ0) is 19.3. The Morgan fingerprint density at radius 3 is 2.70 bits per heavy atom. The molecular formula is C20H17Cl2N3O2. The van der Waals surface area contributed by atoms with Crippen molar-refractivity contribution in [1.29, 1.82) is 0 Å². The lowest BCUT2D eigenvalue weighted by Crippen LogP contribution is -2.62. The molecule has 1 aromatic carbocycles. The van der Waals surface area contributed by atoms with Gasteiger partial charge in [0.05, 0.1) is 11.1 Å². The summed E-state index contributed by atoms with van der Waals surface area (Å²) in [4.78, 5) is 30.1. The average Bonchev–Trinajstić information content (AvgIpc) is 2.88. The van der Waals surface area contributed by atoms with Crippen LogP contribution in [0.2, 0.25) is 10.0 Å². The topological polar surface area (TPSA) is 71.1 Å². The molecule has 2 N–H and O–H groups in total. The zero-order valence-electron chi connectivity index (χ0n) is 14.6. The summed E-state index contributed by atoms with van der Waals surface area (Å²) in [6.07, 6.45) is 3.33. The smallest absolute Gasteiger partial charge is 0.238 e. The van der Waals surface area contributed by atoms with Crippen LogP contribution in [0.4, 0.5) is 5.69 Å². The van der Waals surface area contributed by atoms with Crippen molar-refractivity contribution in [2.45, 2.75) is 30.7 Å². The molecule has 0 saturated carbocycles. The number of fused-ring (bicyclic) bond motifs is 2. The van der Waals surface area contributed by atoms with E-state index in [4.69, 9.17) is 23.2 Å². The van der Waals surface area contributed by atoms with Gasteiger partial charge in [0.2, 0.25) is 11.8 Å². The van der Waals surface area contributed by atoms with E-state index in [2.05, 4.69) is 22.2 Å². The van der Waals surface area contributed by atoms with Crippen molar-refractivity contribution >= 4 is 40.7 Å². The lowest BCUT2D eigenvalue weighted by Gasteiger charge is -2.46. The molecule has 2 amide bonds. The summed E-state index contributed by atoms with van der Waals surface area (Å²) in [6, 6.07) is 6.51. The van der Waals surface area contributed by atoms with Crippen molar-refractivity contribution in [2.24, 2.45) is 0 Å². The van der Waals surface area contributed by atoms with Gasteiger partial charge in [-0.05, 0) is 36.2 Å². The zero-order valence-corrected chi connectivity index (χ0v) is 16.1. The molecule has 0 aliphatic carbocycles. The van der Waals surface area contributed by atoms with Gasteiger partial charge in [-0.25, -0.2) is 0 Å². The third-order valence-electron chi connectivity index (χ3n) is 5.37. The van der Waals surface area contributed by atoms with Crippen LogP contribution in [0, 0.1) is 0 Å². The predicted molar refractivity (Wildman–Crippen MR) is 105 cm³/mol. The second-order valence-electron chi connectivity index (χ2n) is 7.05. The van der Waals surface area contributed by atoms with Crippen LogP contribution >= 0.6 is 23.2 Å². The molecule has 1 fully saturated rings. The highest BCUT2D eigenvalue weighted by atomic mass is 35.5. The second kappa shape index (κ2) is 6.36. The Bertz CT molecular complexity index is 991. The minimum atomic E-state index is -1.05. The summed E-state index contributed by atoms with van der Waals surface area (Å²) in [7, 11) is 0. The number of aromatic nitrogens is 1. The molecule has 27 heavy (non-hydrogen) atoms. The van der Waals surface area contributed by atoms with Gasteiger partial charge in [-0.15, -0.1) is 0 Å². The van der Waals surface area contributed by atoms with E-state index in [1.54, 1.807) is 24.4 Å². The standard InChI is InChI=1S/C20H17Cl2N3O2/c1-10(2)18-20(14-4-3-12(21)6-16(14)24-19(20)27)15(7-17(26)25-18)11-5-13(22)9-23-8-11/h3-6,8-9,15,18H,1,7H2,2H3,(H,24,27)(H,25,26)/t15-,18+,20-/m0/s1. The van der Waals surface area contributed by atoms with Gasteiger partial charge in [0, 0.05) is 35.4 Å². The number of amides is 2. The Labute approximate surface area is 166 Å². The highest BCUT2D eigenvalue weighted by Gasteiger charge is 2.60. The molecule has 2 aliphatic rings. The number of nitrogens with one attached hydrogen (secondary N) is 2. The average molecular weight is 402 g/mol. The maximum atomic E-state index is 13.4. The van der Waals surface area contributed by atoms with Gasteiger partial charge in [-0.1, -0.05) is 41.4 Å². The normalized spacial score (nSPS) is 26.5. The van der Waals surface area contributed by atoms with Crippen LogP contribution < -0.4 is 10.6 Å². The molecule has 0 radical (unpaired) electrons. The number of pyridine rings is 1. The summed E-state index contributed by atoms with van der Waals surface area (Å²) in [6.45, 7) is 5.85. The van der Waals surface area contributed by atoms with E-state index in [9.17, 15) is 9.59 Å². The number of rotatable bonds is 2. The van der Waals surface area contributed by atoms with E-state index in [1.165, 1.54) is 6.20 Å². The van der Waals surface area contributed by atoms with Gasteiger partial charge in [0.15, 0.2) is 0 Å². The molecule has 1 saturated heterocycles. The van der Waals surface area contributed by atoms with Gasteiger partial charge in [0.1, 0.15) is 5.41 Å². The van der Waals surface area contributed by atoms with E-state index in [0.29, 0.717) is 21.3 Å². The molecule has 2 aliphatic heterocycles. The van der Waals surface area contributed by atoms with Gasteiger partial charge in [0.25, 0.3) is 0 Å². The number of anilines is 1. The first-order valence-corrected chi connectivity index (χ1v) is 9.26. The summed E-state index contributed by atoms with van der Waals surface area (Å²) in [5.74, 6) is -0.784. The molecule has 3 atom stereocenters. The Balaban J connectivity index is 2.01. The Morgan fingerprint density at radius 2 is 2.00 bits per heavy atom. The quantitative estimate of drug-likeness (QED) is 0.751. The fourth-order valence-electron chi connectivity index (χ4n) is 4.35. The van der Waals surface area contributed by atoms with Crippen molar-refractivity contribution in [1.82, 2.24) is 10.3 Å². The van der Waals surface area contributed by atoms with Gasteiger partial charge >= 0.3 is 0 Å². The van der Waals surface area contributed by atoms with Gasteiger partial charge in [-0.2, -0.15) is 0 Å². The molecule has 1 spiro atoms. The minimum Gasteiger partial charge on any atom is -0.348 e. The van der Waals surface area contributed by atoms with Crippen LogP contribution in [0.3, 0.4) is 0 Å². The van der Waals surface area contributed by atoms with Crippen LogP contribution in [0.15, 0.2) is 48.8 Å². The number of carbonyl (C=O) groups excluding carboxylic acids is 2. The third-order valence-corrected chi connectivity index (χ3v) is 5.81. The first kappa shape index (κ1) is 18.0. The summed E-state index contributed by atoms with van der Waals surface area (Å²) >= 11 is 12.3. The minimum absolute atomic E-state index is 0.140. The second-order valence-corrected chi connectivity index (χ2v) is 7.93. The van der Waals surface area contributed by atoms with Gasteiger partial charge in [-0.3, -0.25) is 14.6 Å². The van der Waals surface area contributed by atoms with Crippen LogP contribution in [0.1, 0.15) is 30.4 Å². The van der Waals surface area contributed by atoms with E-state index >= 15 is 0 Å². The summed E-state index contributed by atoms with van der Waals surface area (Å²) in [5, 5.41) is 6.89. The highest BCUT2D eigenvalue weighted by Crippen LogP contribution is 2.54. The Kier molecular flexibility index (Phi) is 4.24. The Morgan fingerprint density at radius 1 is 1.22 bits per heavy atom. The van der Waals surface area contributed by atoms with Gasteiger partial charge < -0.3 is 10.6 Å². The first-order chi connectivity index (χ1) is 12.8. The van der Waals surface area contributed by atoms with Crippen LogP contribution in [-0.4, -0.2) is 22.8 Å². The number of hydrogen-bond acceptors (Lipinski definition) is 3. The highest BCUT2D eigenvalue weighted by molar-refractivity contribution is 6.31. The molecule has 0 bridgehead atoms. The maximum Gasteiger partial charge on any atom is 0.238 e. The first-order valence-electron chi connectivity index (χ1n) is 8.50. The lowest BCUT2D eigenvalue weighted by molar-refractivity contribution is -0.130. The third kappa shape index (κ3) is 2.65. The van der Waals surface area contributed by atoms with Crippen LogP contribution in [0.5, 0.6) is 0 Å². The monoisotopic (exact) mass is 401 g/mol. The maximum absolute atomic E-state index is 13.4. The number of nitrogens with zero attached hydrogens (tertiary/aromatic N) is 1. The molecule has 1 aromatic heterocycles. The number of benzene rings is 1. The number of piperidine rings is 1. The van der Waals surface area contributed by atoms with Crippen LogP contribution in [-0.2, 0) is 15.0 Å². The van der Waals surface area contributed by atoms with E-state index in [0.717, 1.165) is 11.1 Å². The summed E-state index contributed by atoms with van der Waals surface area (Å²) in [5.41, 5.74) is 1.82. The largest absolute Gasteiger partial charge is 0.348 e. The Hall–Kier alpha value is -2.37. The van der Waals surface area contributed by atoms with Crippen molar-refractivity contribution < 1.29 is 9.59 Å². The van der Waals surface area contributed by atoms with E-state index in [-0.39, 0.29) is 18.2 Å². The molecular weight excluding hydrogens is 385 g/mol. The molecule has 5 nitrogen and oxygen atoms in total. The predicted octanol–water partition coefficient (Wildman–Crippen LogP) is 3.83. The molecule has 4 rings (SSSR count). The molecule has 0 unspecified atom stereocenters. The summed E-state index contributed by atoms with van der Waals surface area (Å²) < 4.78 is 0. The SMILES string of the molecule is C=C(C)[C@H]1NC(=O)C[C@@H](c2cncc(Cl)c2)[C@]12C(=O)Nc1cc(Cl)ccc12. The van der Waals surface area contributed by atoms with E-state index in [1.807, 2.05) is 13.0 Å². The number of halogens is 2. The van der Waals surface area contributed by atoms with Crippen molar-refractivity contribution in [3.63, 3.8) is 0 Å². The van der Waals surface area contributed by atoms with Crippen LogP contribution in [0.25, 0.3) is 0 Å². The number of carbonyl (C=O) groups is 2. The van der Waals surface area contributed by atoms with Crippen molar-refractivity contribution in [3.05, 3.63) is 70.0 Å². The molecule has 138 valence electrons. The lowest BCUT2D eigenvalue weighted by atomic mass is 9.59. The van der Waals surface area contributed by atoms with Crippen molar-refractivity contribution in [3.8, 4) is 0 Å². The molecule has 2 aromatic rings. The van der Waals surface area contributed by atoms with E-state index < -0.39 is 17.4 Å². The van der Waals surface area contributed by atoms with Crippen molar-refractivity contribution in [2.75, 3.05) is 5.32 Å². The molecule has 3 heterocycles. The number of hydrogen-bond donors (Lipinski definition) is 2. The fourth-order valence-corrected chi connectivity index (χ4v) is 4.71. The molecule has 7 heteroatoms.